The van der Waals surface area contributed by atoms with Gasteiger partial charge >= 0.3 is 5.97 Å². The van der Waals surface area contributed by atoms with Gasteiger partial charge < -0.3 is 37.4 Å². The van der Waals surface area contributed by atoms with E-state index < -0.39 is 67.7 Å². The van der Waals surface area contributed by atoms with E-state index in [1.54, 1.807) is 0 Å². The standard InChI is InChI=1S/C19H26N6O7/c20-13(6-12-4-2-1-3-5-12)19(32)25-10-17(29)23-8-15(27)21-7-14(26)22-9-16(28)24-11-18(30)31/h1-5,13H,6-11,20H2,(H,21,27)(H,22,26)(H,23,29)(H,24,28)(H,25,32)(H,30,31)/t13-/m0/s1. The number of carbonyl (C=O) groups is 6. The molecule has 0 saturated heterocycles. The van der Waals surface area contributed by atoms with Gasteiger partial charge in [-0.05, 0) is 12.0 Å². The Hall–Kier alpha value is -4.00. The van der Waals surface area contributed by atoms with Crippen molar-refractivity contribution in [3.05, 3.63) is 35.9 Å². The summed E-state index contributed by atoms with van der Waals surface area (Å²) in [4.78, 5) is 68.4. The van der Waals surface area contributed by atoms with Crippen LogP contribution in [-0.4, -0.2) is 79.4 Å². The fourth-order valence-corrected chi connectivity index (χ4v) is 2.22. The summed E-state index contributed by atoms with van der Waals surface area (Å²) in [6.07, 6.45) is 0.306. The highest BCUT2D eigenvalue weighted by atomic mass is 16.4. The van der Waals surface area contributed by atoms with Crippen LogP contribution < -0.4 is 32.3 Å². The topological polar surface area (TPSA) is 209 Å². The summed E-state index contributed by atoms with van der Waals surface area (Å²) in [5.41, 5.74) is 6.68. The molecule has 0 aliphatic rings. The Morgan fingerprint density at radius 1 is 0.688 bits per heavy atom. The lowest BCUT2D eigenvalue weighted by atomic mass is 10.1. The number of amides is 5. The van der Waals surface area contributed by atoms with Crippen molar-refractivity contribution < 1.29 is 33.9 Å². The number of hydrogen-bond acceptors (Lipinski definition) is 7. The summed E-state index contributed by atoms with van der Waals surface area (Å²) < 4.78 is 0. The number of nitrogens with two attached hydrogens (primary N) is 1. The Kier molecular flexibility index (Phi) is 11.5. The van der Waals surface area contributed by atoms with Gasteiger partial charge in [0, 0.05) is 0 Å². The molecule has 1 atom stereocenters. The molecule has 5 amide bonds. The molecule has 13 heteroatoms. The molecule has 0 aliphatic heterocycles. The number of nitrogens with one attached hydrogen (secondary N) is 5. The predicted octanol–water partition coefficient (Wildman–Crippen LogP) is -3.78. The first kappa shape index (κ1) is 26.0. The molecule has 32 heavy (non-hydrogen) atoms. The zero-order chi connectivity index (χ0) is 23.9. The molecular weight excluding hydrogens is 424 g/mol. The fourth-order valence-electron chi connectivity index (χ4n) is 2.22. The van der Waals surface area contributed by atoms with Crippen molar-refractivity contribution in [3.63, 3.8) is 0 Å². The van der Waals surface area contributed by atoms with Gasteiger partial charge in [-0.25, -0.2) is 0 Å². The van der Waals surface area contributed by atoms with Crippen LogP contribution in [0.15, 0.2) is 30.3 Å². The third kappa shape index (κ3) is 11.9. The molecule has 13 nitrogen and oxygen atoms in total. The Bertz CT molecular complexity index is 831. The molecule has 0 heterocycles. The molecule has 0 aliphatic carbocycles. The number of carboxylic acid groups (broad SMARTS) is 1. The maximum absolute atomic E-state index is 12.0. The normalized spacial score (nSPS) is 10.9. The highest BCUT2D eigenvalue weighted by Crippen LogP contribution is 2.01. The van der Waals surface area contributed by atoms with Crippen LogP contribution in [-0.2, 0) is 35.2 Å². The van der Waals surface area contributed by atoms with Crippen LogP contribution in [0.4, 0.5) is 0 Å². The van der Waals surface area contributed by atoms with Crippen LogP contribution in [0.2, 0.25) is 0 Å². The van der Waals surface area contributed by atoms with E-state index in [2.05, 4.69) is 21.3 Å². The molecular formula is C19H26N6O7. The molecule has 0 radical (unpaired) electrons. The summed E-state index contributed by atoms with van der Waals surface area (Å²) in [5.74, 6) is -4.43. The van der Waals surface area contributed by atoms with Gasteiger partial charge in [-0.1, -0.05) is 30.3 Å². The number of rotatable bonds is 13. The molecule has 0 aromatic heterocycles. The average Bonchev–Trinajstić information content (AvgIpc) is 2.77. The van der Waals surface area contributed by atoms with Gasteiger partial charge in [0.05, 0.1) is 32.2 Å². The lowest BCUT2D eigenvalue weighted by Gasteiger charge is -2.12. The first-order valence-corrected chi connectivity index (χ1v) is 9.53. The lowest BCUT2D eigenvalue weighted by Crippen LogP contribution is -2.48. The van der Waals surface area contributed by atoms with Crippen LogP contribution in [0.1, 0.15) is 5.56 Å². The van der Waals surface area contributed by atoms with E-state index in [-0.39, 0.29) is 6.54 Å². The Balaban J connectivity index is 2.17. The smallest absolute Gasteiger partial charge is 0.322 e. The van der Waals surface area contributed by atoms with E-state index in [1.165, 1.54) is 0 Å². The van der Waals surface area contributed by atoms with E-state index in [9.17, 15) is 28.8 Å². The SMILES string of the molecule is N[C@@H](Cc1ccccc1)C(=O)NCC(=O)NCC(=O)NCC(=O)NCC(=O)NCC(=O)O. The fraction of sp³-hybridized carbons (Fsp3) is 0.368. The second-order valence-corrected chi connectivity index (χ2v) is 6.51. The van der Waals surface area contributed by atoms with Crippen molar-refractivity contribution in [1.82, 2.24) is 26.6 Å². The monoisotopic (exact) mass is 450 g/mol. The lowest BCUT2D eigenvalue weighted by molar-refractivity contribution is -0.137. The molecule has 0 spiro atoms. The van der Waals surface area contributed by atoms with Crippen molar-refractivity contribution in [2.45, 2.75) is 12.5 Å². The summed E-state index contributed by atoms with van der Waals surface area (Å²) in [5, 5.41) is 19.5. The minimum Gasteiger partial charge on any atom is -0.480 e. The van der Waals surface area contributed by atoms with Gasteiger partial charge in [0.15, 0.2) is 0 Å². The maximum Gasteiger partial charge on any atom is 0.322 e. The van der Waals surface area contributed by atoms with Crippen LogP contribution in [0.5, 0.6) is 0 Å². The minimum atomic E-state index is -1.23. The molecule has 1 rings (SSSR count). The van der Waals surface area contributed by atoms with Crippen molar-refractivity contribution >= 4 is 35.5 Å². The van der Waals surface area contributed by atoms with Crippen molar-refractivity contribution in [3.8, 4) is 0 Å². The number of carboxylic acids is 1. The molecule has 0 saturated carbocycles. The highest BCUT2D eigenvalue weighted by Gasteiger charge is 2.15. The number of hydrogen-bond donors (Lipinski definition) is 7. The van der Waals surface area contributed by atoms with Crippen molar-refractivity contribution in [2.75, 3.05) is 32.7 Å². The first-order valence-electron chi connectivity index (χ1n) is 9.53. The van der Waals surface area contributed by atoms with E-state index >= 15 is 0 Å². The maximum atomic E-state index is 12.0. The number of aliphatic carboxylic acids is 1. The van der Waals surface area contributed by atoms with Gasteiger partial charge in [0.25, 0.3) is 0 Å². The molecule has 1 aromatic carbocycles. The van der Waals surface area contributed by atoms with Crippen molar-refractivity contribution in [2.24, 2.45) is 5.73 Å². The summed E-state index contributed by atoms with van der Waals surface area (Å²) >= 11 is 0. The molecule has 1 aromatic rings. The molecule has 8 N–H and O–H groups in total. The van der Waals surface area contributed by atoms with Gasteiger partial charge in [-0.15, -0.1) is 0 Å². The molecule has 0 fully saturated rings. The van der Waals surface area contributed by atoms with Gasteiger partial charge in [-0.3, -0.25) is 28.8 Å². The van der Waals surface area contributed by atoms with E-state index in [0.717, 1.165) is 5.56 Å². The Morgan fingerprint density at radius 2 is 1.09 bits per heavy atom. The second-order valence-electron chi connectivity index (χ2n) is 6.51. The average molecular weight is 450 g/mol. The third-order valence-corrected chi connectivity index (χ3v) is 3.83. The number of carbonyl (C=O) groups excluding carboxylic acids is 5. The van der Waals surface area contributed by atoms with Crippen LogP contribution in [0.25, 0.3) is 0 Å². The molecule has 0 unspecified atom stereocenters. The Labute approximate surface area is 183 Å². The number of benzene rings is 1. The van der Waals surface area contributed by atoms with Crippen molar-refractivity contribution in [1.29, 1.82) is 0 Å². The highest BCUT2D eigenvalue weighted by molar-refractivity contribution is 5.91. The Morgan fingerprint density at radius 3 is 1.53 bits per heavy atom. The quantitative estimate of drug-likeness (QED) is 0.158. The largest absolute Gasteiger partial charge is 0.480 e. The third-order valence-electron chi connectivity index (χ3n) is 3.83. The van der Waals surface area contributed by atoms with E-state index in [1.807, 2.05) is 35.6 Å². The predicted molar refractivity (Wildman–Crippen MR) is 111 cm³/mol. The van der Waals surface area contributed by atoms with Gasteiger partial charge in [0.2, 0.25) is 29.5 Å². The van der Waals surface area contributed by atoms with Crippen LogP contribution in [0, 0.1) is 0 Å². The minimum absolute atomic E-state index is 0.306. The van der Waals surface area contributed by atoms with Gasteiger partial charge in [-0.2, -0.15) is 0 Å². The van der Waals surface area contributed by atoms with Crippen LogP contribution in [0.3, 0.4) is 0 Å². The molecule has 174 valence electrons. The summed E-state index contributed by atoms with van der Waals surface area (Å²) in [6, 6.07) is 8.30. The summed E-state index contributed by atoms with van der Waals surface area (Å²) in [6.45, 7) is -2.29. The molecule has 0 bridgehead atoms. The zero-order valence-corrected chi connectivity index (χ0v) is 17.2. The van der Waals surface area contributed by atoms with E-state index in [4.69, 9.17) is 10.8 Å². The van der Waals surface area contributed by atoms with Crippen LogP contribution >= 0.6 is 0 Å². The van der Waals surface area contributed by atoms with E-state index in [0.29, 0.717) is 6.42 Å². The second kappa shape index (κ2) is 14.1. The zero-order valence-electron chi connectivity index (χ0n) is 17.2. The first-order chi connectivity index (χ1) is 15.2. The van der Waals surface area contributed by atoms with Gasteiger partial charge in [0.1, 0.15) is 6.54 Å². The summed E-state index contributed by atoms with van der Waals surface area (Å²) in [7, 11) is 0.